The first-order valence-electron chi connectivity index (χ1n) is 6.83. The number of rotatable bonds is 4. The molecular formula is C16H13BrN2O3. The Balaban J connectivity index is 1.80. The van der Waals surface area contributed by atoms with Crippen LogP contribution in [0.5, 0.6) is 0 Å². The average Bonchev–Trinajstić information content (AvgIpc) is 3.29. The maximum absolute atomic E-state index is 12.6. The van der Waals surface area contributed by atoms with Crippen LogP contribution in [0.4, 0.5) is 11.4 Å². The summed E-state index contributed by atoms with van der Waals surface area (Å²) in [6.45, 7) is 0. The second-order valence-electron chi connectivity index (χ2n) is 5.35. The highest BCUT2D eigenvalue weighted by atomic mass is 79.9. The first kappa shape index (κ1) is 14.7. The van der Waals surface area contributed by atoms with Crippen molar-refractivity contribution in [2.75, 3.05) is 5.32 Å². The van der Waals surface area contributed by atoms with Gasteiger partial charge in [-0.3, -0.25) is 14.9 Å². The van der Waals surface area contributed by atoms with E-state index in [2.05, 4.69) is 21.2 Å². The van der Waals surface area contributed by atoms with Gasteiger partial charge in [0.05, 0.1) is 10.3 Å². The zero-order chi connectivity index (χ0) is 15.7. The Morgan fingerprint density at radius 1 is 1.18 bits per heavy atom. The van der Waals surface area contributed by atoms with Crippen molar-refractivity contribution in [1.82, 2.24) is 0 Å². The third-order valence-electron chi connectivity index (χ3n) is 3.90. The summed E-state index contributed by atoms with van der Waals surface area (Å²) >= 11 is 3.37. The molecule has 5 nitrogen and oxygen atoms in total. The van der Waals surface area contributed by atoms with Gasteiger partial charge in [0.1, 0.15) is 0 Å². The van der Waals surface area contributed by atoms with Crippen LogP contribution in [0.3, 0.4) is 0 Å². The molecule has 1 aliphatic carbocycles. The number of nitro groups is 1. The first-order valence-corrected chi connectivity index (χ1v) is 7.62. The lowest BCUT2D eigenvalue weighted by Crippen LogP contribution is -2.27. The monoisotopic (exact) mass is 360 g/mol. The molecule has 0 radical (unpaired) electrons. The molecule has 0 saturated heterocycles. The lowest BCUT2D eigenvalue weighted by molar-refractivity contribution is -0.384. The van der Waals surface area contributed by atoms with E-state index >= 15 is 0 Å². The van der Waals surface area contributed by atoms with Crippen molar-refractivity contribution in [3.8, 4) is 0 Å². The molecule has 0 spiro atoms. The van der Waals surface area contributed by atoms with Gasteiger partial charge >= 0.3 is 0 Å². The van der Waals surface area contributed by atoms with Crippen LogP contribution in [0.2, 0.25) is 0 Å². The molecule has 0 aromatic heterocycles. The summed E-state index contributed by atoms with van der Waals surface area (Å²) in [6, 6.07) is 13.6. The molecule has 112 valence electrons. The summed E-state index contributed by atoms with van der Waals surface area (Å²) in [5.41, 5.74) is 1.03. The van der Waals surface area contributed by atoms with Crippen LogP contribution in [0, 0.1) is 10.1 Å². The minimum Gasteiger partial charge on any atom is -0.325 e. The Hall–Kier alpha value is -2.21. The fourth-order valence-corrected chi connectivity index (χ4v) is 2.89. The third kappa shape index (κ3) is 2.74. The summed E-state index contributed by atoms with van der Waals surface area (Å²) in [6.07, 6.45) is 1.51. The lowest BCUT2D eigenvalue weighted by Gasteiger charge is -2.16. The highest BCUT2D eigenvalue weighted by molar-refractivity contribution is 9.10. The van der Waals surface area contributed by atoms with Gasteiger partial charge in [-0.25, -0.2) is 0 Å². The number of halogens is 1. The summed E-state index contributed by atoms with van der Waals surface area (Å²) in [5.74, 6) is -0.0700. The largest absolute Gasteiger partial charge is 0.325 e. The molecule has 2 aromatic carbocycles. The van der Waals surface area contributed by atoms with E-state index in [4.69, 9.17) is 0 Å². The number of carbonyl (C=O) groups is 1. The Kier molecular flexibility index (Phi) is 3.70. The van der Waals surface area contributed by atoms with Crippen molar-refractivity contribution >= 4 is 33.2 Å². The number of hydrogen-bond acceptors (Lipinski definition) is 3. The number of carbonyl (C=O) groups excluding carboxylic acids is 1. The quantitative estimate of drug-likeness (QED) is 0.660. The molecular weight excluding hydrogens is 348 g/mol. The molecule has 0 heterocycles. The van der Waals surface area contributed by atoms with E-state index in [1.807, 2.05) is 24.3 Å². The number of hydrogen-bond donors (Lipinski definition) is 1. The number of nitrogens with one attached hydrogen (secondary N) is 1. The Morgan fingerprint density at radius 2 is 1.86 bits per heavy atom. The summed E-state index contributed by atoms with van der Waals surface area (Å²) in [7, 11) is 0. The molecule has 6 heteroatoms. The Morgan fingerprint density at radius 3 is 2.41 bits per heavy atom. The van der Waals surface area contributed by atoms with Gasteiger partial charge in [-0.1, -0.05) is 34.1 Å². The number of nitrogens with zero attached hydrogens (tertiary/aromatic N) is 1. The van der Waals surface area contributed by atoms with E-state index in [-0.39, 0.29) is 11.6 Å². The van der Waals surface area contributed by atoms with Gasteiger partial charge in [-0.15, -0.1) is 0 Å². The van der Waals surface area contributed by atoms with Crippen molar-refractivity contribution in [2.24, 2.45) is 0 Å². The van der Waals surface area contributed by atoms with Crippen LogP contribution in [-0.4, -0.2) is 10.8 Å². The minimum absolute atomic E-state index is 0.0342. The minimum atomic E-state index is -0.558. The second-order valence-corrected chi connectivity index (χ2v) is 6.27. The SMILES string of the molecule is O=C(Nc1cccc(Br)c1)C1(c2ccc([N+](=O)[O-])cc2)CC1. The molecule has 0 unspecified atom stereocenters. The normalized spacial score (nSPS) is 15.1. The molecule has 2 aromatic rings. The van der Waals surface area contributed by atoms with Crippen molar-refractivity contribution in [3.05, 3.63) is 68.7 Å². The smallest absolute Gasteiger partial charge is 0.269 e. The van der Waals surface area contributed by atoms with E-state index < -0.39 is 10.3 Å². The van der Waals surface area contributed by atoms with Gasteiger partial charge in [0.25, 0.3) is 5.69 Å². The zero-order valence-electron chi connectivity index (χ0n) is 11.6. The molecule has 1 saturated carbocycles. The summed E-state index contributed by atoms with van der Waals surface area (Å²) in [4.78, 5) is 22.8. The van der Waals surface area contributed by atoms with Gasteiger partial charge in [0.2, 0.25) is 5.91 Å². The number of anilines is 1. The summed E-state index contributed by atoms with van der Waals surface area (Å²) < 4.78 is 0.894. The molecule has 22 heavy (non-hydrogen) atoms. The van der Waals surface area contributed by atoms with Gasteiger partial charge < -0.3 is 5.32 Å². The first-order chi connectivity index (χ1) is 10.5. The van der Waals surface area contributed by atoms with Crippen LogP contribution in [0.25, 0.3) is 0 Å². The molecule has 1 N–H and O–H groups in total. The van der Waals surface area contributed by atoms with Crippen molar-refractivity contribution in [2.45, 2.75) is 18.3 Å². The summed E-state index contributed by atoms with van der Waals surface area (Å²) in [5, 5.41) is 13.6. The van der Waals surface area contributed by atoms with E-state index in [0.717, 1.165) is 28.6 Å². The number of amides is 1. The van der Waals surface area contributed by atoms with E-state index in [1.54, 1.807) is 12.1 Å². The topological polar surface area (TPSA) is 72.2 Å². The number of non-ortho nitro benzene ring substituents is 1. The van der Waals surface area contributed by atoms with Crippen molar-refractivity contribution in [3.63, 3.8) is 0 Å². The van der Waals surface area contributed by atoms with E-state index in [9.17, 15) is 14.9 Å². The van der Waals surface area contributed by atoms with Gasteiger partial charge in [0.15, 0.2) is 0 Å². The van der Waals surface area contributed by atoms with Crippen molar-refractivity contribution in [1.29, 1.82) is 0 Å². The molecule has 0 bridgehead atoms. The molecule has 1 amide bonds. The fraction of sp³-hybridized carbons (Fsp3) is 0.188. The van der Waals surface area contributed by atoms with Crippen LogP contribution < -0.4 is 5.32 Å². The lowest BCUT2D eigenvalue weighted by atomic mass is 9.94. The molecule has 1 fully saturated rings. The highest BCUT2D eigenvalue weighted by Crippen LogP contribution is 2.49. The predicted octanol–water partition coefficient (Wildman–Crippen LogP) is 4.03. The van der Waals surface area contributed by atoms with Crippen LogP contribution in [0.15, 0.2) is 53.0 Å². The predicted molar refractivity (Wildman–Crippen MR) is 86.8 cm³/mol. The van der Waals surface area contributed by atoms with Gasteiger partial charge in [-0.05, 0) is 36.6 Å². The van der Waals surface area contributed by atoms with E-state index in [0.29, 0.717) is 0 Å². The molecule has 0 aliphatic heterocycles. The molecule has 0 atom stereocenters. The Bertz CT molecular complexity index is 739. The van der Waals surface area contributed by atoms with Crippen LogP contribution in [-0.2, 0) is 10.2 Å². The maximum Gasteiger partial charge on any atom is 0.269 e. The second kappa shape index (κ2) is 5.53. The molecule has 3 rings (SSSR count). The van der Waals surface area contributed by atoms with Gasteiger partial charge in [-0.2, -0.15) is 0 Å². The maximum atomic E-state index is 12.6. The third-order valence-corrected chi connectivity index (χ3v) is 4.39. The van der Waals surface area contributed by atoms with Crippen LogP contribution >= 0.6 is 15.9 Å². The zero-order valence-corrected chi connectivity index (χ0v) is 13.2. The van der Waals surface area contributed by atoms with Crippen molar-refractivity contribution < 1.29 is 9.72 Å². The number of benzene rings is 2. The number of nitro benzene ring substituents is 1. The average molecular weight is 361 g/mol. The molecule has 1 aliphatic rings. The fourth-order valence-electron chi connectivity index (χ4n) is 2.49. The standard InChI is InChI=1S/C16H13BrN2O3/c17-12-2-1-3-13(10-12)18-15(20)16(8-9-16)11-4-6-14(7-5-11)19(21)22/h1-7,10H,8-9H2,(H,18,20). The highest BCUT2D eigenvalue weighted by Gasteiger charge is 2.51. The van der Waals surface area contributed by atoms with Crippen LogP contribution in [0.1, 0.15) is 18.4 Å². The van der Waals surface area contributed by atoms with E-state index in [1.165, 1.54) is 12.1 Å². The Labute approximate surface area is 135 Å². The van der Waals surface area contributed by atoms with Gasteiger partial charge in [0, 0.05) is 22.3 Å².